The Bertz CT molecular complexity index is 971. The predicted molar refractivity (Wildman–Crippen MR) is 116 cm³/mol. The Morgan fingerprint density at radius 3 is 2.38 bits per heavy atom. The molecule has 2 aromatic rings. The van der Waals surface area contributed by atoms with Gasteiger partial charge >= 0.3 is 0 Å². The molecule has 1 aliphatic rings. The summed E-state index contributed by atoms with van der Waals surface area (Å²) in [7, 11) is -7.27. The first-order chi connectivity index (χ1) is 13.8. The van der Waals surface area contributed by atoms with Crippen LogP contribution in [-0.4, -0.2) is 70.5 Å². The average molecular weight is 458 g/mol. The highest BCUT2D eigenvalue weighted by atomic mass is 32.2. The van der Waals surface area contributed by atoms with Crippen molar-refractivity contribution in [3.8, 4) is 0 Å². The number of sulfonamides is 2. The van der Waals surface area contributed by atoms with E-state index in [0.29, 0.717) is 26.2 Å². The number of hydrogen-bond acceptors (Lipinski definition) is 6. The molecule has 0 spiro atoms. The van der Waals surface area contributed by atoms with Crippen molar-refractivity contribution in [2.24, 2.45) is 0 Å². The third kappa shape index (κ3) is 5.65. The van der Waals surface area contributed by atoms with Crippen molar-refractivity contribution in [1.82, 2.24) is 13.9 Å². The molecule has 7 nitrogen and oxygen atoms in total. The quantitative estimate of drug-likeness (QED) is 0.620. The van der Waals surface area contributed by atoms with Crippen LogP contribution in [0.15, 0.2) is 52.1 Å². The Hall–Kier alpha value is -1.30. The molecule has 10 heteroatoms. The highest BCUT2D eigenvalue weighted by Crippen LogP contribution is 2.25. The molecule has 3 rings (SSSR count). The lowest BCUT2D eigenvalue weighted by Gasteiger charge is -2.29. The van der Waals surface area contributed by atoms with E-state index >= 15 is 0 Å². The molecule has 1 unspecified atom stereocenters. The molecular formula is C19H27N3O4S3. The van der Waals surface area contributed by atoms with Crippen LogP contribution in [0, 0.1) is 0 Å². The lowest BCUT2D eigenvalue weighted by molar-refractivity contribution is 0.354. The SMILES string of the molecule is CC(CN(CCS(=O)(=O)N1CCNCC1)S(=O)(=O)c1cccs1)c1ccccc1. The van der Waals surface area contributed by atoms with Crippen LogP contribution in [0.5, 0.6) is 0 Å². The van der Waals surface area contributed by atoms with Crippen LogP contribution in [0.25, 0.3) is 0 Å². The second-order valence-corrected chi connectivity index (χ2v) is 12.3. The number of piperazine rings is 1. The average Bonchev–Trinajstić information content (AvgIpc) is 3.28. The normalized spacial score (nSPS) is 17.4. The van der Waals surface area contributed by atoms with Crippen LogP contribution in [0.3, 0.4) is 0 Å². The molecule has 1 saturated heterocycles. The van der Waals surface area contributed by atoms with E-state index in [1.807, 2.05) is 37.3 Å². The molecule has 0 bridgehead atoms. The summed E-state index contributed by atoms with van der Waals surface area (Å²) in [6.07, 6.45) is 0. The third-order valence-electron chi connectivity index (χ3n) is 5.00. The smallest absolute Gasteiger partial charge is 0.252 e. The minimum atomic E-state index is -3.76. The zero-order chi connectivity index (χ0) is 20.9. The molecule has 1 atom stereocenters. The molecular weight excluding hydrogens is 430 g/mol. The van der Waals surface area contributed by atoms with Crippen LogP contribution < -0.4 is 5.32 Å². The minimum absolute atomic E-state index is 0.0622. The molecule has 1 fully saturated rings. The van der Waals surface area contributed by atoms with Crippen molar-refractivity contribution in [2.45, 2.75) is 17.1 Å². The Labute approximate surface area is 177 Å². The van der Waals surface area contributed by atoms with Gasteiger partial charge in [-0.25, -0.2) is 16.8 Å². The Balaban J connectivity index is 1.79. The standard InChI is InChI=1S/C19H27N3O4S3/c1-17(18-6-3-2-4-7-18)16-22(29(25,26)19-8-5-14-27-19)13-15-28(23,24)21-11-9-20-10-12-21/h2-8,14,17,20H,9-13,15-16H2,1H3. The van der Waals surface area contributed by atoms with Crippen molar-refractivity contribution in [2.75, 3.05) is 45.0 Å². The highest BCUT2D eigenvalue weighted by Gasteiger charge is 2.31. The van der Waals surface area contributed by atoms with Gasteiger partial charge in [0.1, 0.15) is 4.21 Å². The van der Waals surface area contributed by atoms with Gasteiger partial charge in [0.05, 0.1) is 5.75 Å². The molecule has 2 heterocycles. The summed E-state index contributed by atoms with van der Waals surface area (Å²) in [5.41, 5.74) is 1.02. The maximum atomic E-state index is 13.2. The summed E-state index contributed by atoms with van der Waals surface area (Å²) in [5, 5.41) is 4.84. The lowest BCUT2D eigenvalue weighted by atomic mass is 10.0. The molecule has 1 aromatic heterocycles. The third-order valence-corrected chi connectivity index (χ3v) is 10.1. The Morgan fingerprint density at radius 2 is 1.76 bits per heavy atom. The number of thiophene rings is 1. The monoisotopic (exact) mass is 457 g/mol. The van der Waals surface area contributed by atoms with E-state index in [2.05, 4.69) is 5.32 Å². The largest absolute Gasteiger partial charge is 0.314 e. The van der Waals surface area contributed by atoms with E-state index in [4.69, 9.17) is 0 Å². The lowest BCUT2D eigenvalue weighted by Crippen LogP contribution is -2.48. The fraction of sp³-hybridized carbons (Fsp3) is 0.474. The molecule has 0 radical (unpaired) electrons. The minimum Gasteiger partial charge on any atom is -0.314 e. The summed E-state index contributed by atoms with van der Waals surface area (Å²) in [5.74, 6) is -0.285. The zero-order valence-electron chi connectivity index (χ0n) is 16.4. The molecule has 160 valence electrons. The van der Waals surface area contributed by atoms with Crippen LogP contribution in [-0.2, 0) is 20.0 Å². The maximum absolute atomic E-state index is 13.2. The van der Waals surface area contributed by atoms with Crippen LogP contribution in [0.1, 0.15) is 18.4 Å². The number of nitrogens with one attached hydrogen (secondary N) is 1. The fourth-order valence-corrected chi connectivity index (χ4v) is 7.55. The van der Waals surface area contributed by atoms with Gasteiger partial charge in [-0.1, -0.05) is 43.3 Å². The molecule has 0 amide bonds. The first-order valence-electron chi connectivity index (χ1n) is 9.58. The number of benzene rings is 1. The highest BCUT2D eigenvalue weighted by molar-refractivity contribution is 7.91. The van der Waals surface area contributed by atoms with Gasteiger partial charge in [0.25, 0.3) is 10.0 Å². The zero-order valence-corrected chi connectivity index (χ0v) is 18.8. The molecule has 1 aromatic carbocycles. The van der Waals surface area contributed by atoms with Gasteiger partial charge in [-0.15, -0.1) is 11.3 Å². The Morgan fingerprint density at radius 1 is 1.07 bits per heavy atom. The van der Waals surface area contributed by atoms with E-state index in [1.54, 1.807) is 17.5 Å². The van der Waals surface area contributed by atoms with Crippen molar-refractivity contribution in [3.63, 3.8) is 0 Å². The van der Waals surface area contributed by atoms with E-state index in [1.165, 1.54) is 8.61 Å². The second-order valence-electron chi connectivity index (χ2n) is 7.07. The van der Waals surface area contributed by atoms with Crippen molar-refractivity contribution in [3.05, 3.63) is 53.4 Å². The van der Waals surface area contributed by atoms with E-state index in [0.717, 1.165) is 16.9 Å². The Kier molecular flexibility index (Phi) is 7.47. The first-order valence-corrected chi connectivity index (χ1v) is 13.5. The molecule has 0 saturated carbocycles. The number of rotatable bonds is 9. The van der Waals surface area contributed by atoms with Crippen molar-refractivity contribution in [1.29, 1.82) is 0 Å². The van der Waals surface area contributed by atoms with Gasteiger partial charge in [-0.05, 0) is 22.9 Å². The second kappa shape index (κ2) is 9.67. The topological polar surface area (TPSA) is 86.8 Å². The van der Waals surface area contributed by atoms with Crippen molar-refractivity contribution < 1.29 is 16.8 Å². The summed E-state index contributed by atoms with van der Waals surface area (Å²) in [6.45, 7) is 4.17. The first kappa shape index (κ1) is 22.4. The van der Waals surface area contributed by atoms with E-state index < -0.39 is 20.0 Å². The molecule has 1 aliphatic heterocycles. The number of hydrogen-bond donors (Lipinski definition) is 1. The fourth-order valence-electron chi connectivity index (χ4n) is 3.31. The van der Waals surface area contributed by atoms with Gasteiger partial charge in [0.2, 0.25) is 10.0 Å². The number of nitrogens with zero attached hydrogens (tertiary/aromatic N) is 2. The van der Waals surface area contributed by atoms with Crippen LogP contribution in [0.2, 0.25) is 0 Å². The van der Waals surface area contributed by atoms with Gasteiger partial charge < -0.3 is 5.32 Å². The maximum Gasteiger partial charge on any atom is 0.252 e. The van der Waals surface area contributed by atoms with Crippen molar-refractivity contribution >= 4 is 31.4 Å². The van der Waals surface area contributed by atoms with E-state index in [-0.39, 0.29) is 29.0 Å². The van der Waals surface area contributed by atoms with E-state index in [9.17, 15) is 16.8 Å². The molecule has 1 N–H and O–H groups in total. The van der Waals surface area contributed by atoms with Crippen LogP contribution >= 0.6 is 11.3 Å². The summed E-state index contributed by atoms with van der Waals surface area (Å²) >= 11 is 1.14. The van der Waals surface area contributed by atoms with Gasteiger partial charge in [-0.3, -0.25) is 0 Å². The summed E-state index contributed by atoms with van der Waals surface area (Å²) < 4.78 is 54.8. The van der Waals surface area contributed by atoms with Gasteiger partial charge in [0.15, 0.2) is 0 Å². The summed E-state index contributed by atoms with van der Waals surface area (Å²) in [6, 6.07) is 12.9. The summed E-state index contributed by atoms with van der Waals surface area (Å²) in [4.78, 5) is 0. The molecule has 0 aliphatic carbocycles. The molecule has 29 heavy (non-hydrogen) atoms. The van der Waals surface area contributed by atoms with Crippen LogP contribution in [0.4, 0.5) is 0 Å². The van der Waals surface area contributed by atoms with Gasteiger partial charge in [-0.2, -0.15) is 8.61 Å². The predicted octanol–water partition coefficient (Wildman–Crippen LogP) is 1.78. The van der Waals surface area contributed by atoms with Gasteiger partial charge in [0, 0.05) is 39.3 Å².